The molecule has 0 saturated carbocycles. The lowest BCUT2D eigenvalue weighted by Gasteiger charge is -2.34. The molecule has 0 radical (unpaired) electrons. The highest BCUT2D eigenvalue weighted by Crippen LogP contribution is 2.24. The Morgan fingerprint density at radius 2 is 1.56 bits per heavy atom. The normalized spacial score (nSPS) is 27.2. The molecule has 0 aromatic rings. The van der Waals surface area contributed by atoms with Gasteiger partial charge in [0, 0.05) is 23.6 Å². The van der Waals surface area contributed by atoms with Gasteiger partial charge in [0.15, 0.2) is 0 Å². The molecule has 1 fully saturated rings. The maximum Gasteiger partial charge on any atom is 0.0149 e. The Morgan fingerprint density at radius 1 is 1.00 bits per heavy atom. The standard InChI is InChI=1S/C13H28N2S/c1-12-10-15(11-13(2)16-12)9-7-5-3-4-6-8-14/h12-13H,3-11,14H2,1-2H3. The van der Waals surface area contributed by atoms with Crippen LogP contribution in [-0.4, -0.2) is 41.6 Å². The molecule has 0 bridgehead atoms. The molecule has 2 unspecified atom stereocenters. The van der Waals surface area contributed by atoms with E-state index in [4.69, 9.17) is 5.73 Å². The summed E-state index contributed by atoms with van der Waals surface area (Å²) in [4.78, 5) is 2.65. The number of unbranched alkanes of at least 4 members (excludes halogenated alkanes) is 4. The Morgan fingerprint density at radius 3 is 2.19 bits per heavy atom. The second-order valence-corrected chi connectivity index (χ2v) is 6.95. The molecule has 2 nitrogen and oxygen atoms in total. The maximum absolute atomic E-state index is 5.48. The fourth-order valence-corrected chi connectivity index (χ4v) is 3.86. The lowest BCUT2D eigenvalue weighted by Crippen LogP contribution is -2.40. The fraction of sp³-hybridized carbons (Fsp3) is 1.00. The zero-order valence-corrected chi connectivity index (χ0v) is 11.8. The Kier molecular flexibility index (Phi) is 7.50. The molecule has 1 heterocycles. The average molecular weight is 244 g/mol. The van der Waals surface area contributed by atoms with Crippen LogP contribution < -0.4 is 5.73 Å². The largest absolute Gasteiger partial charge is 0.330 e. The first-order chi connectivity index (χ1) is 7.72. The molecule has 1 aliphatic rings. The van der Waals surface area contributed by atoms with Crippen molar-refractivity contribution in [3.8, 4) is 0 Å². The van der Waals surface area contributed by atoms with Crippen molar-refractivity contribution in [1.82, 2.24) is 4.90 Å². The second kappa shape index (κ2) is 8.37. The zero-order valence-electron chi connectivity index (χ0n) is 11.0. The van der Waals surface area contributed by atoms with Crippen LogP contribution in [0.2, 0.25) is 0 Å². The summed E-state index contributed by atoms with van der Waals surface area (Å²) in [6.07, 6.45) is 6.64. The summed E-state index contributed by atoms with van der Waals surface area (Å²) < 4.78 is 0. The van der Waals surface area contributed by atoms with Crippen molar-refractivity contribution in [2.45, 2.75) is 56.5 Å². The first kappa shape index (κ1) is 14.3. The minimum atomic E-state index is 0.820. The summed E-state index contributed by atoms with van der Waals surface area (Å²) in [6, 6.07) is 0. The van der Waals surface area contributed by atoms with Gasteiger partial charge in [-0.15, -0.1) is 0 Å². The molecule has 3 heteroatoms. The summed E-state index contributed by atoms with van der Waals surface area (Å²) >= 11 is 2.14. The molecule has 1 saturated heterocycles. The summed E-state index contributed by atoms with van der Waals surface area (Å²) in [6.45, 7) is 9.45. The van der Waals surface area contributed by atoms with Gasteiger partial charge in [-0.25, -0.2) is 0 Å². The van der Waals surface area contributed by atoms with E-state index in [0.717, 1.165) is 17.0 Å². The third-order valence-electron chi connectivity index (χ3n) is 3.17. The van der Waals surface area contributed by atoms with Crippen LogP contribution in [0.25, 0.3) is 0 Å². The summed E-state index contributed by atoms with van der Waals surface area (Å²) in [7, 11) is 0. The fourth-order valence-electron chi connectivity index (χ4n) is 2.48. The van der Waals surface area contributed by atoms with Crippen LogP contribution in [0.15, 0.2) is 0 Å². The number of thioether (sulfide) groups is 1. The molecular weight excluding hydrogens is 216 g/mol. The molecule has 0 aromatic carbocycles. The predicted octanol–water partition coefficient (Wildman–Crippen LogP) is 2.72. The van der Waals surface area contributed by atoms with Crippen molar-refractivity contribution in [3.63, 3.8) is 0 Å². The van der Waals surface area contributed by atoms with Crippen molar-refractivity contribution in [2.75, 3.05) is 26.2 Å². The Balaban J connectivity index is 1.99. The van der Waals surface area contributed by atoms with E-state index in [2.05, 4.69) is 30.5 Å². The van der Waals surface area contributed by atoms with E-state index >= 15 is 0 Å². The molecule has 0 aromatic heterocycles. The van der Waals surface area contributed by atoms with Gasteiger partial charge in [0.1, 0.15) is 0 Å². The molecule has 1 aliphatic heterocycles. The van der Waals surface area contributed by atoms with Gasteiger partial charge >= 0.3 is 0 Å². The smallest absolute Gasteiger partial charge is 0.0149 e. The van der Waals surface area contributed by atoms with Gasteiger partial charge in [-0.3, -0.25) is 0 Å². The van der Waals surface area contributed by atoms with Gasteiger partial charge in [0.2, 0.25) is 0 Å². The van der Waals surface area contributed by atoms with Crippen LogP contribution in [0.1, 0.15) is 46.0 Å². The molecule has 16 heavy (non-hydrogen) atoms. The number of hydrogen-bond donors (Lipinski definition) is 1. The monoisotopic (exact) mass is 244 g/mol. The SMILES string of the molecule is CC1CN(CCCCCCCN)CC(C)S1. The highest BCUT2D eigenvalue weighted by atomic mass is 32.2. The number of rotatable bonds is 7. The van der Waals surface area contributed by atoms with E-state index in [1.54, 1.807) is 0 Å². The van der Waals surface area contributed by atoms with E-state index < -0.39 is 0 Å². The quantitative estimate of drug-likeness (QED) is 0.698. The molecule has 0 aliphatic carbocycles. The van der Waals surface area contributed by atoms with Crippen LogP contribution in [0.5, 0.6) is 0 Å². The Hall–Kier alpha value is 0.270. The van der Waals surface area contributed by atoms with Crippen LogP contribution in [0.4, 0.5) is 0 Å². The Labute approximate surface area is 105 Å². The van der Waals surface area contributed by atoms with Gasteiger partial charge in [-0.05, 0) is 25.9 Å². The number of nitrogens with zero attached hydrogens (tertiary/aromatic N) is 1. The minimum absolute atomic E-state index is 0.820. The van der Waals surface area contributed by atoms with E-state index in [0.29, 0.717) is 0 Å². The van der Waals surface area contributed by atoms with Crippen molar-refractivity contribution in [1.29, 1.82) is 0 Å². The topological polar surface area (TPSA) is 29.3 Å². The van der Waals surface area contributed by atoms with Gasteiger partial charge in [-0.1, -0.05) is 33.1 Å². The van der Waals surface area contributed by atoms with Gasteiger partial charge in [0.25, 0.3) is 0 Å². The lowest BCUT2D eigenvalue weighted by atomic mass is 10.1. The molecule has 1 rings (SSSR count). The molecule has 0 amide bonds. The molecule has 2 N–H and O–H groups in total. The molecule has 96 valence electrons. The van der Waals surface area contributed by atoms with Gasteiger partial charge in [-0.2, -0.15) is 11.8 Å². The first-order valence-electron chi connectivity index (χ1n) is 6.80. The Bertz CT molecular complexity index is 165. The van der Waals surface area contributed by atoms with Crippen LogP contribution in [0, 0.1) is 0 Å². The van der Waals surface area contributed by atoms with Crippen LogP contribution in [-0.2, 0) is 0 Å². The summed E-state index contributed by atoms with van der Waals surface area (Å²) in [5.74, 6) is 0. The maximum atomic E-state index is 5.48. The molecular formula is C13H28N2S. The van der Waals surface area contributed by atoms with Gasteiger partial charge < -0.3 is 10.6 Å². The van der Waals surface area contributed by atoms with Crippen LogP contribution in [0.3, 0.4) is 0 Å². The predicted molar refractivity (Wildman–Crippen MR) is 75.1 cm³/mol. The molecule has 2 atom stereocenters. The van der Waals surface area contributed by atoms with Crippen molar-refractivity contribution < 1.29 is 0 Å². The summed E-state index contributed by atoms with van der Waals surface area (Å²) in [5.41, 5.74) is 5.48. The molecule has 0 spiro atoms. The highest BCUT2D eigenvalue weighted by Gasteiger charge is 2.21. The highest BCUT2D eigenvalue weighted by molar-refractivity contribution is 8.00. The first-order valence-corrected chi connectivity index (χ1v) is 7.74. The lowest BCUT2D eigenvalue weighted by molar-refractivity contribution is 0.264. The van der Waals surface area contributed by atoms with Crippen molar-refractivity contribution >= 4 is 11.8 Å². The minimum Gasteiger partial charge on any atom is -0.330 e. The average Bonchev–Trinajstić information content (AvgIpc) is 2.22. The second-order valence-electron chi connectivity index (χ2n) is 5.07. The third-order valence-corrected chi connectivity index (χ3v) is 4.40. The van der Waals surface area contributed by atoms with E-state index in [1.807, 2.05) is 0 Å². The van der Waals surface area contributed by atoms with Crippen molar-refractivity contribution in [3.05, 3.63) is 0 Å². The summed E-state index contributed by atoms with van der Waals surface area (Å²) in [5, 5.41) is 1.64. The van der Waals surface area contributed by atoms with Gasteiger partial charge in [0.05, 0.1) is 0 Å². The van der Waals surface area contributed by atoms with Crippen LogP contribution >= 0.6 is 11.8 Å². The zero-order chi connectivity index (χ0) is 11.8. The number of nitrogens with two attached hydrogens (primary N) is 1. The van der Waals surface area contributed by atoms with E-state index in [9.17, 15) is 0 Å². The van der Waals surface area contributed by atoms with Crippen molar-refractivity contribution in [2.24, 2.45) is 5.73 Å². The number of hydrogen-bond acceptors (Lipinski definition) is 3. The van der Waals surface area contributed by atoms with E-state index in [1.165, 1.54) is 51.7 Å². The van der Waals surface area contributed by atoms with E-state index in [-0.39, 0.29) is 0 Å². The third kappa shape index (κ3) is 6.12.